The number of alkyl carbamates (subject to hydrolysis) is 1. The maximum atomic E-state index is 12.5. The summed E-state index contributed by atoms with van der Waals surface area (Å²) in [5, 5.41) is 12.2. The first-order valence-corrected chi connectivity index (χ1v) is 10.0. The molecular formula is C23H17Cl2NO4. The second-order valence-corrected chi connectivity index (χ2v) is 7.69. The molecule has 0 spiro atoms. The Hall–Kier alpha value is -3.02. The van der Waals surface area contributed by atoms with Gasteiger partial charge in [-0.3, -0.25) is 0 Å². The van der Waals surface area contributed by atoms with Crippen molar-refractivity contribution in [1.29, 1.82) is 0 Å². The number of hydrogen-bond donors (Lipinski definition) is 2. The largest absolute Gasteiger partial charge is 0.479 e. The fourth-order valence-electron chi connectivity index (χ4n) is 3.80. The third-order valence-corrected chi connectivity index (χ3v) is 5.80. The Morgan fingerprint density at radius 1 is 0.900 bits per heavy atom. The van der Waals surface area contributed by atoms with E-state index in [2.05, 4.69) is 5.32 Å². The van der Waals surface area contributed by atoms with Crippen LogP contribution in [0.4, 0.5) is 4.79 Å². The zero-order valence-electron chi connectivity index (χ0n) is 15.6. The number of amides is 1. The number of hydrogen-bond acceptors (Lipinski definition) is 3. The third kappa shape index (κ3) is 3.74. The SMILES string of the molecule is O=C(NC(C(=O)O)c1c(Cl)cccc1Cl)OCC1c2ccccc2-c2ccccc21. The number of fused-ring (bicyclic) bond motifs is 3. The number of carboxylic acid groups (broad SMARTS) is 1. The average Bonchev–Trinajstić information content (AvgIpc) is 3.05. The van der Waals surface area contributed by atoms with Gasteiger partial charge in [0, 0.05) is 21.5 Å². The van der Waals surface area contributed by atoms with Crippen LogP contribution in [-0.2, 0) is 9.53 Å². The maximum Gasteiger partial charge on any atom is 0.408 e. The van der Waals surface area contributed by atoms with Gasteiger partial charge in [0.2, 0.25) is 0 Å². The summed E-state index contributed by atoms with van der Waals surface area (Å²) in [4.78, 5) is 24.2. The molecule has 1 aliphatic carbocycles. The lowest BCUT2D eigenvalue weighted by atomic mass is 9.98. The summed E-state index contributed by atoms with van der Waals surface area (Å²) in [5.41, 5.74) is 4.45. The number of carbonyl (C=O) groups is 2. The molecule has 2 N–H and O–H groups in total. The van der Waals surface area contributed by atoms with Crippen LogP contribution in [0.25, 0.3) is 11.1 Å². The normalized spacial score (nSPS) is 13.3. The van der Waals surface area contributed by atoms with Crippen LogP contribution < -0.4 is 5.32 Å². The first-order valence-electron chi connectivity index (χ1n) is 9.25. The quantitative estimate of drug-likeness (QED) is 0.535. The summed E-state index contributed by atoms with van der Waals surface area (Å²) < 4.78 is 5.42. The van der Waals surface area contributed by atoms with Crippen molar-refractivity contribution >= 4 is 35.3 Å². The zero-order valence-corrected chi connectivity index (χ0v) is 17.2. The van der Waals surface area contributed by atoms with Crippen molar-refractivity contribution in [2.24, 2.45) is 0 Å². The molecule has 5 nitrogen and oxygen atoms in total. The molecule has 4 rings (SSSR count). The summed E-state index contributed by atoms with van der Waals surface area (Å²) in [6, 6.07) is 19.1. The molecule has 7 heteroatoms. The summed E-state index contributed by atoms with van der Waals surface area (Å²) in [7, 11) is 0. The van der Waals surface area contributed by atoms with E-state index < -0.39 is 18.1 Å². The molecule has 0 radical (unpaired) electrons. The molecule has 1 aliphatic rings. The van der Waals surface area contributed by atoms with Gasteiger partial charge in [0.25, 0.3) is 0 Å². The van der Waals surface area contributed by atoms with Crippen LogP contribution in [-0.4, -0.2) is 23.8 Å². The highest BCUT2D eigenvalue weighted by atomic mass is 35.5. The number of ether oxygens (including phenoxy) is 1. The van der Waals surface area contributed by atoms with E-state index in [1.54, 1.807) is 6.07 Å². The first-order chi connectivity index (χ1) is 14.5. The maximum absolute atomic E-state index is 12.5. The number of rotatable bonds is 5. The van der Waals surface area contributed by atoms with E-state index in [9.17, 15) is 14.7 Å². The Balaban J connectivity index is 1.52. The van der Waals surface area contributed by atoms with Crippen LogP contribution in [0, 0.1) is 0 Å². The number of carboxylic acids is 1. The van der Waals surface area contributed by atoms with Crippen LogP contribution >= 0.6 is 23.2 Å². The Labute approximate surface area is 183 Å². The average molecular weight is 442 g/mol. The van der Waals surface area contributed by atoms with Crippen molar-refractivity contribution in [2.45, 2.75) is 12.0 Å². The molecule has 3 aromatic rings. The second kappa shape index (κ2) is 8.38. The molecule has 1 atom stereocenters. The lowest BCUT2D eigenvalue weighted by Gasteiger charge is -2.19. The van der Waals surface area contributed by atoms with Crippen molar-refractivity contribution in [3.63, 3.8) is 0 Å². The summed E-state index contributed by atoms with van der Waals surface area (Å²) in [6.45, 7) is 0.0719. The van der Waals surface area contributed by atoms with Gasteiger partial charge in [-0.25, -0.2) is 9.59 Å². The molecule has 0 bridgehead atoms. The standard InChI is InChI=1S/C23H17Cl2NO4/c24-18-10-5-11-19(25)20(18)21(22(27)28)26-23(29)30-12-17-15-8-3-1-6-13(15)14-7-2-4-9-16(14)17/h1-11,17,21H,12H2,(H,26,29)(H,27,28). The number of nitrogens with one attached hydrogen (secondary N) is 1. The van der Waals surface area contributed by atoms with E-state index in [-0.39, 0.29) is 28.1 Å². The highest BCUT2D eigenvalue weighted by Crippen LogP contribution is 2.44. The van der Waals surface area contributed by atoms with Crippen LogP contribution in [0.15, 0.2) is 66.7 Å². The summed E-state index contributed by atoms with van der Waals surface area (Å²) in [6.07, 6.45) is -0.861. The Morgan fingerprint density at radius 2 is 1.43 bits per heavy atom. The fraction of sp³-hybridized carbons (Fsp3) is 0.130. The monoisotopic (exact) mass is 441 g/mol. The molecular weight excluding hydrogens is 425 g/mol. The number of benzene rings is 3. The van der Waals surface area contributed by atoms with Gasteiger partial charge in [0.1, 0.15) is 6.61 Å². The van der Waals surface area contributed by atoms with Gasteiger partial charge in [0.05, 0.1) is 0 Å². The highest BCUT2D eigenvalue weighted by molar-refractivity contribution is 6.36. The second-order valence-electron chi connectivity index (χ2n) is 6.88. The summed E-state index contributed by atoms with van der Waals surface area (Å²) >= 11 is 12.2. The van der Waals surface area contributed by atoms with E-state index in [1.807, 2.05) is 48.5 Å². The predicted octanol–water partition coefficient (Wildman–Crippen LogP) is 5.66. The fourth-order valence-corrected chi connectivity index (χ4v) is 4.42. The van der Waals surface area contributed by atoms with Crippen LogP contribution in [0.2, 0.25) is 10.0 Å². The van der Waals surface area contributed by atoms with Gasteiger partial charge in [0.15, 0.2) is 6.04 Å². The molecule has 0 saturated heterocycles. The van der Waals surface area contributed by atoms with Crippen molar-refractivity contribution in [3.05, 3.63) is 93.5 Å². The van der Waals surface area contributed by atoms with E-state index >= 15 is 0 Å². The van der Waals surface area contributed by atoms with Crippen LogP contribution in [0.1, 0.15) is 28.7 Å². The first kappa shape index (κ1) is 20.3. The molecule has 152 valence electrons. The topological polar surface area (TPSA) is 75.6 Å². The molecule has 0 fully saturated rings. The minimum atomic E-state index is -1.43. The van der Waals surface area contributed by atoms with E-state index in [0.29, 0.717) is 0 Å². The third-order valence-electron chi connectivity index (χ3n) is 5.14. The van der Waals surface area contributed by atoms with Crippen LogP contribution in [0.5, 0.6) is 0 Å². The molecule has 0 aliphatic heterocycles. The molecule has 0 heterocycles. The van der Waals surface area contributed by atoms with Crippen LogP contribution in [0.3, 0.4) is 0 Å². The molecule has 1 unspecified atom stereocenters. The minimum absolute atomic E-state index is 0.0719. The molecule has 0 saturated carbocycles. The van der Waals surface area contributed by atoms with E-state index in [0.717, 1.165) is 22.3 Å². The Morgan fingerprint density at radius 3 is 1.97 bits per heavy atom. The smallest absolute Gasteiger partial charge is 0.408 e. The highest BCUT2D eigenvalue weighted by Gasteiger charge is 2.31. The van der Waals surface area contributed by atoms with Gasteiger partial charge in [-0.15, -0.1) is 0 Å². The van der Waals surface area contributed by atoms with E-state index in [4.69, 9.17) is 27.9 Å². The Kier molecular flexibility index (Phi) is 5.66. The van der Waals surface area contributed by atoms with Gasteiger partial charge in [-0.2, -0.15) is 0 Å². The number of aliphatic carboxylic acids is 1. The lowest BCUT2D eigenvalue weighted by molar-refractivity contribution is -0.139. The molecule has 3 aromatic carbocycles. The van der Waals surface area contributed by atoms with Crippen molar-refractivity contribution in [2.75, 3.05) is 6.61 Å². The van der Waals surface area contributed by atoms with Gasteiger partial charge in [-0.1, -0.05) is 77.8 Å². The predicted molar refractivity (Wildman–Crippen MR) is 115 cm³/mol. The van der Waals surface area contributed by atoms with Gasteiger partial charge in [-0.05, 0) is 34.4 Å². The zero-order chi connectivity index (χ0) is 21.3. The van der Waals surface area contributed by atoms with Crippen molar-refractivity contribution in [3.8, 4) is 11.1 Å². The van der Waals surface area contributed by atoms with Gasteiger partial charge >= 0.3 is 12.1 Å². The van der Waals surface area contributed by atoms with Crippen molar-refractivity contribution in [1.82, 2.24) is 5.32 Å². The molecule has 0 aromatic heterocycles. The summed E-state index contributed by atoms with van der Waals surface area (Å²) in [5.74, 6) is -1.42. The molecule has 1 amide bonds. The van der Waals surface area contributed by atoms with E-state index in [1.165, 1.54) is 12.1 Å². The Bertz CT molecular complexity index is 1070. The number of halogens is 2. The number of carbonyl (C=O) groups excluding carboxylic acids is 1. The molecule has 30 heavy (non-hydrogen) atoms. The van der Waals surface area contributed by atoms with Gasteiger partial charge < -0.3 is 15.2 Å². The lowest BCUT2D eigenvalue weighted by Crippen LogP contribution is -2.35. The minimum Gasteiger partial charge on any atom is -0.479 e. The van der Waals surface area contributed by atoms with Crippen molar-refractivity contribution < 1.29 is 19.4 Å².